The van der Waals surface area contributed by atoms with Crippen molar-refractivity contribution >= 4 is 17.3 Å². The van der Waals surface area contributed by atoms with Gasteiger partial charge in [0, 0.05) is 11.4 Å². The second-order valence-corrected chi connectivity index (χ2v) is 4.43. The Morgan fingerprint density at radius 3 is 2.74 bits per heavy atom. The summed E-state index contributed by atoms with van der Waals surface area (Å²) in [5.74, 6) is 1.23. The molecule has 3 N–H and O–H groups in total. The molecule has 2 rings (SSSR count). The molecule has 1 amide bonds. The number of nitrogens with zero attached hydrogens (tertiary/aromatic N) is 3. The first-order valence-corrected chi connectivity index (χ1v) is 6.00. The molecule has 1 heterocycles. The van der Waals surface area contributed by atoms with Crippen molar-refractivity contribution in [1.29, 1.82) is 0 Å². The first-order valence-electron chi connectivity index (χ1n) is 6.00. The van der Waals surface area contributed by atoms with Gasteiger partial charge < -0.3 is 11.1 Å². The van der Waals surface area contributed by atoms with E-state index in [1.807, 2.05) is 26.0 Å². The fourth-order valence-corrected chi connectivity index (χ4v) is 1.83. The second-order valence-electron chi connectivity index (χ2n) is 4.43. The number of hydrogen-bond acceptors (Lipinski definition) is 4. The van der Waals surface area contributed by atoms with Gasteiger partial charge in [0.2, 0.25) is 5.91 Å². The summed E-state index contributed by atoms with van der Waals surface area (Å²) in [4.78, 5) is 16.1. The number of anilines is 2. The summed E-state index contributed by atoms with van der Waals surface area (Å²) in [5, 5.41) is 6.98. The minimum atomic E-state index is -0.151. The molecule has 0 aliphatic rings. The highest BCUT2D eigenvalue weighted by Crippen LogP contribution is 2.20. The average molecular weight is 259 g/mol. The van der Waals surface area contributed by atoms with Gasteiger partial charge in [-0.15, -0.1) is 0 Å². The van der Waals surface area contributed by atoms with E-state index in [1.165, 1.54) is 0 Å². The van der Waals surface area contributed by atoms with Crippen molar-refractivity contribution in [3.05, 3.63) is 35.4 Å². The normalized spacial score (nSPS) is 10.5. The summed E-state index contributed by atoms with van der Waals surface area (Å²) in [6.45, 7) is 5.62. The number of carbonyl (C=O) groups excluding carboxylic acids is 1. The van der Waals surface area contributed by atoms with Crippen LogP contribution in [-0.2, 0) is 11.3 Å². The summed E-state index contributed by atoms with van der Waals surface area (Å²) < 4.78 is 1.58. The van der Waals surface area contributed by atoms with E-state index in [-0.39, 0.29) is 12.5 Å². The van der Waals surface area contributed by atoms with Gasteiger partial charge in [0.25, 0.3) is 0 Å². The number of aryl methyl sites for hydroxylation is 2. The van der Waals surface area contributed by atoms with Crippen molar-refractivity contribution in [3.63, 3.8) is 0 Å². The number of nitrogens with one attached hydrogen (secondary N) is 1. The standard InChI is InChI=1S/C13H17N5O/c1-8-11(14)5-4-6-12(8)16-13(19)7-18-10(3)15-9(2)17-18/h4-6H,7,14H2,1-3H3,(H,16,19). The Hall–Kier alpha value is -2.37. The van der Waals surface area contributed by atoms with E-state index in [4.69, 9.17) is 5.73 Å². The Bertz CT molecular complexity index is 617. The molecule has 1 aromatic carbocycles. The molecule has 1 aromatic heterocycles. The topological polar surface area (TPSA) is 85.8 Å². The Morgan fingerprint density at radius 1 is 1.37 bits per heavy atom. The van der Waals surface area contributed by atoms with Crippen LogP contribution in [0.15, 0.2) is 18.2 Å². The molecule has 0 spiro atoms. The summed E-state index contributed by atoms with van der Waals surface area (Å²) in [5.41, 5.74) is 8.04. The molecule has 0 aliphatic heterocycles. The SMILES string of the molecule is Cc1nc(C)n(CC(=O)Nc2cccc(N)c2C)n1. The van der Waals surface area contributed by atoms with Crippen LogP contribution < -0.4 is 11.1 Å². The van der Waals surface area contributed by atoms with E-state index < -0.39 is 0 Å². The number of nitrogens with two attached hydrogens (primary N) is 1. The van der Waals surface area contributed by atoms with Gasteiger partial charge in [-0.25, -0.2) is 9.67 Å². The van der Waals surface area contributed by atoms with Crippen LogP contribution in [0.4, 0.5) is 11.4 Å². The molecule has 0 bridgehead atoms. The van der Waals surface area contributed by atoms with Crippen molar-refractivity contribution in [2.24, 2.45) is 0 Å². The lowest BCUT2D eigenvalue weighted by Gasteiger charge is -2.10. The first kappa shape index (κ1) is 13.1. The molecular weight excluding hydrogens is 242 g/mol. The quantitative estimate of drug-likeness (QED) is 0.816. The van der Waals surface area contributed by atoms with E-state index in [2.05, 4.69) is 15.4 Å². The van der Waals surface area contributed by atoms with Gasteiger partial charge in [0.1, 0.15) is 18.2 Å². The number of hydrogen-bond donors (Lipinski definition) is 2. The lowest BCUT2D eigenvalue weighted by atomic mass is 10.1. The largest absolute Gasteiger partial charge is 0.398 e. The lowest BCUT2D eigenvalue weighted by Crippen LogP contribution is -2.21. The molecule has 0 saturated carbocycles. The molecule has 0 fully saturated rings. The Morgan fingerprint density at radius 2 is 2.11 bits per heavy atom. The van der Waals surface area contributed by atoms with Gasteiger partial charge in [-0.1, -0.05) is 6.07 Å². The summed E-state index contributed by atoms with van der Waals surface area (Å²) in [7, 11) is 0. The summed E-state index contributed by atoms with van der Waals surface area (Å²) in [6, 6.07) is 5.43. The molecule has 2 aromatic rings. The highest BCUT2D eigenvalue weighted by Gasteiger charge is 2.10. The van der Waals surface area contributed by atoms with Gasteiger partial charge in [0.05, 0.1) is 0 Å². The third-order valence-corrected chi connectivity index (χ3v) is 2.91. The minimum absolute atomic E-state index is 0.140. The van der Waals surface area contributed by atoms with Crippen LogP contribution in [0.1, 0.15) is 17.2 Å². The number of aromatic nitrogens is 3. The molecule has 6 nitrogen and oxygen atoms in total. The Balaban J connectivity index is 2.10. The zero-order valence-corrected chi connectivity index (χ0v) is 11.3. The zero-order chi connectivity index (χ0) is 14.0. The maximum absolute atomic E-state index is 12.0. The summed E-state index contributed by atoms with van der Waals surface area (Å²) in [6.07, 6.45) is 0. The van der Waals surface area contributed by atoms with Crippen LogP contribution in [-0.4, -0.2) is 20.7 Å². The predicted octanol–water partition coefficient (Wildman–Crippen LogP) is 1.42. The van der Waals surface area contributed by atoms with Crippen molar-refractivity contribution < 1.29 is 4.79 Å². The monoisotopic (exact) mass is 259 g/mol. The number of nitrogen functional groups attached to an aromatic ring is 1. The van der Waals surface area contributed by atoms with Crippen LogP contribution in [0.5, 0.6) is 0 Å². The van der Waals surface area contributed by atoms with Crippen LogP contribution in [0, 0.1) is 20.8 Å². The van der Waals surface area contributed by atoms with E-state index in [0.717, 1.165) is 17.1 Å². The molecular formula is C13H17N5O. The van der Waals surface area contributed by atoms with E-state index in [9.17, 15) is 4.79 Å². The minimum Gasteiger partial charge on any atom is -0.398 e. The third kappa shape index (κ3) is 2.90. The zero-order valence-electron chi connectivity index (χ0n) is 11.3. The van der Waals surface area contributed by atoms with Gasteiger partial charge in [-0.3, -0.25) is 4.79 Å². The molecule has 19 heavy (non-hydrogen) atoms. The number of amides is 1. The highest BCUT2D eigenvalue weighted by molar-refractivity contribution is 5.92. The molecule has 0 atom stereocenters. The highest BCUT2D eigenvalue weighted by atomic mass is 16.2. The van der Waals surface area contributed by atoms with Crippen molar-refractivity contribution in [2.75, 3.05) is 11.1 Å². The van der Waals surface area contributed by atoms with Crippen molar-refractivity contribution in [2.45, 2.75) is 27.3 Å². The Labute approximate surface area is 111 Å². The van der Waals surface area contributed by atoms with Crippen molar-refractivity contribution in [3.8, 4) is 0 Å². The molecule has 6 heteroatoms. The molecule has 0 aliphatic carbocycles. The van der Waals surface area contributed by atoms with Gasteiger partial charge in [-0.05, 0) is 38.5 Å². The molecule has 100 valence electrons. The van der Waals surface area contributed by atoms with Crippen LogP contribution in [0.2, 0.25) is 0 Å². The number of benzene rings is 1. The third-order valence-electron chi connectivity index (χ3n) is 2.91. The first-order chi connectivity index (χ1) is 8.97. The average Bonchev–Trinajstić information content (AvgIpc) is 2.64. The van der Waals surface area contributed by atoms with E-state index in [1.54, 1.807) is 17.7 Å². The molecule has 0 saturated heterocycles. The maximum atomic E-state index is 12.0. The molecule has 0 radical (unpaired) electrons. The van der Waals surface area contributed by atoms with Crippen molar-refractivity contribution in [1.82, 2.24) is 14.8 Å². The Kier molecular flexibility index (Phi) is 3.50. The smallest absolute Gasteiger partial charge is 0.246 e. The van der Waals surface area contributed by atoms with Crippen LogP contribution in [0.3, 0.4) is 0 Å². The van der Waals surface area contributed by atoms with E-state index in [0.29, 0.717) is 11.5 Å². The maximum Gasteiger partial charge on any atom is 0.246 e. The fraction of sp³-hybridized carbons (Fsp3) is 0.308. The van der Waals surface area contributed by atoms with Gasteiger partial charge >= 0.3 is 0 Å². The number of carbonyl (C=O) groups is 1. The molecule has 0 unspecified atom stereocenters. The van der Waals surface area contributed by atoms with Crippen LogP contribution >= 0.6 is 0 Å². The second kappa shape index (κ2) is 5.09. The lowest BCUT2D eigenvalue weighted by molar-refractivity contribution is -0.116. The summed E-state index contributed by atoms with van der Waals surface area (Å²) >= 11 is 0. The van der Waals surface area contributed by atoms with Gasteiger partial charge in [-0.2, -0.15) is 5.10 Å². The predicted molar refractivity (Wildman–Crippen MR) is 73.7 cm³/mol. The van der Waals surface area contributed by atoms with E-state index >= 15 is 0 Å². The fourth-order valence-electron chi connectivity index (χ4n) is 1.83. The van der Waals surface area contributed by atoms with Gasteiger partial charge in [0.15, 0.2) is 0 Å². The van der Waals surface area contributed by atoms with Crippen LogP contribution in [0.25, 0.3) is 0 Å². The number of rotatable bonds is 3.